The van der Waals surface area contributed by atoms with E-state index in [1.807, 2.05) is 0 Å². The molecule has 14 atom stereocenters. The normalized spacial score (nSPS) is 34.1. The number of hydrogen-bond donors (Lipinski definition) is 3. The summed E-state index contributed by atoms with van der Waals surface area (Å²) in [5.74, 6) is 4.53. The Balaban J connectivity index is 0.924. The summed E-state index contributed by atoms with van der Waals surface area (Å²) in [5.41, 5.74) is 2.04. The SMILES string of the molecule is CCCCCCC/C=C\C/C=C\CCCCCCCCCCCCCC(=O)OCC1OC(OC2CCC3(C)C(=CCC4C3CCC3(C)C(C(C)/C=C/C(C)C(C)C)CCC43)C2)C(O)C(O)C1O. The summed E-state index contributed by atoms with van der Waals surface area (Å²) in [6.45, 7) is 16.7. The number of fused-ring (bicyclic) bond motifs is 5. The molecule has 0 aromatic heterocycles. The molecule has 384 valence electrons. The van der Waals surface area contributed by atoms with E-state index in [0.29, 0.717) is 35.5 Å². The highest BCUT2D eigenvalue weighted by atomic mass is 16.7. The fourth-order valence-electron chi connectivity index (χ4n) is 13.5. The predicted molar refractivity (Wildman–Crippen MR) is 276 cm³/mol. The van der Waals surface area contributed by atoms with Gasteiger partial charge in [0, 0.05) is 6.42 Å². The van der Waals surface area contributed by atoms with Gasteiger partial charge in [0.05, 0.1) is 6.10 Å². The zero-order valence-electron chi connectivity index (χ0n) is 44.0. The molecular weight excluding hydrogens is 833 g/mol. The van der Waals surface area contributed by atoms with Crippen molar-refractivity contribution in [2.75, 3.05) is 6.61 Å². The Kier molecular flexibility index (Phi) is 24.2. The third-order valence-corrected chi connectivity index (χ3v) is 18.3. The van der Waals surface area contributed by atoms with Gasteiger partial charge >= 0.3 is 5.97 Å². The maximum atomic E-state index is 12.7. The molecule has 0 aromatic rings. The second-order valence-corrected chi connectivity index (χ2v) is 23.3. The van der Waals surface area contributed by atoms with Crippen LogP contribution < -0.4 is 0 Å². The fraction of sp³-hybridized carbons (Fsp3) is 0.850. The smallest absolute Gasteiger partial charge is 0.305 e. The number of aliphatic hydroxyl groups is 3. The molecule has 0 amide bonds. The van der Waals surface area contributed by atoms with E-state index in [1.165, 1.54) is 128 Å². The number of ether oxygens (including phenoxy) is 3. The van der Waals surface area contributed by atoms with Gasteiger partial charge in [-0.1, -0.05) is 180 Å². The molecule has 1 heterocycles. The summed E-state index contributed by atoms with van der Waals surface area (Å²) >= 11 is 0. The maximum absolute atomic E-state index is 12.7. The zero-order chi connectivity index (χ0) is 48.2. The van der Waals surface area contributed by atoms with Crippen LogP contribution in [-0.4, -0.2) is 64.7 Å². The molecule has 67 heavy (non-hydrogen) atoms. The first-order valence-corrected chi connectivity index (χ1v) is 28.5. The highest BCUT2D eigenvalue weighted by molar-refractivity contribution is 5.69. The lowest BCUT2D eigenvalue weighted by Crippen LogP contribution is -2.60. The van der Waals surface area contributed by atoms with Crippen molar-refractivity contribution in [2.24, 2.45) is 52.3 Å². The van der Waals surface area contributed by atoms with Crippen LogP contribution in [0.25, 0.3) is 0 Å². The summed E-state index contributed by atoms with van der Waals surface area (Å²) in [4.78, 5) is 12.7. The molecule has 5 aliphatic rings. The van der Waals surface area contributed by atoms with Gasteiger partial charge in [-0.05, 0) is 142 Å². The van der Waals surface area contributed by atoms with Gasteiger partial charge in [0.25, 0.3) is 0 Å². The van der Waals surface area contributed by atoms with Gasteiger partial charge < -0.3 is 29.5 Å². The number of aliphatic hydroxyl groups excluding tert-OH is 3. The standard InChI is InChI=1S/C60H102O7/c1-8-9-10-11-12-13-14-15-16-17-18-19-20-21-22-23-24-25-26-27-28-29-30-31-54(61)65-43-53-55(62)56(63)57(64)58(67-53)66-48-38-40-59(6)47(42-48)34-35-49-51-37-36-50(60(51,7)41-39-52(49)59)46(5)33-32-45(4)44(2)3/h14-15,17-18,32-34,44-46,48-53,55-58,62-64H,8-13,16,19-31,35-43H2,1-7H3/b15-14-,18-17-,33-32+. The van der Waals surface area contributed by atoms with Crippen LogP contribution in [0.2, 0.25) is 0 Å². The minimum Gasteiger partial charge on any atom is -0.463 e. The van der Waals surface area contributed by atoms with Crippen molar-refractivity contribution in [1.82, 2.24) is 0 Å². The largest absolute Gasteiger partial charge is 0.463 e. The minimum atomic E-state index is -1.45. The third kappa shape index (κ3) is 16.4. The number of hydrogen-bond acceptors (Lipinski definition) is 7. The lowest BCUT2D eigenvalue weighted by Gasteiger charge is -2.58. The van der Waals surface area contributed by atoms with E-state index in [1.54, 1.807) is 0 Å². The van der Waals surface area contributed by atoms with Crippen molar-refractivity contribution in [3.05, 3.63) is 48.1 Å². The molecule has 5 rings (SSSR count). The summed E-state index contributed by atoms with van der Waals surface area (Å²) in [7, 11) is 0. The number of rotatable bonds is 30. The molecule has 0 bridgehead atoms. The van der Waals surface area contributed by atoms with Crippen LogP contribution in [-0.2, 0) is 19.0 Å². The first-order valence-electron chi connectivity index (χ1n) is 28.5. The van der Waals surface area contributed by atoms with Crippen LogP contribution in [0.4, 0.5) is 0 Å². The predicted octanol–water partition coefficient (Wildman–Crippen LogP) is 14.7. The van der Waals surface area contributed by atoms with Crippen molar-refractivity contribution < 1.29 is 34.3 Å². The van der Waals surface area contributed by atoms with Gasteiger partial charge in [0.15, 0.2) is 6.29 Å². The topological polar surface area (TPSA) is 105 Å². The Morgan fingerprint density at radius 1 is 0.731 bits per heavy atom. The molecule has 4 aliphatic carbocycles. The minimum absolute atomic E-state index is 0.151. The van der Waals surface area contributed by atoms with E-state index < -0.39 is 30.7 Å². The van der Waals surface area contributed by atoms with E-state index in [4.69, 9.17) is 14.2 Å². The molecule has 0 radical (unpaired) electrons. The number of carbonyl (C=O) groups excluding carboxylic acids is 1. The average molecular weight is 935 g/mol. The van der Waals surface area contributed by atoms with Gasteiger partial charge in [-0.2, -0.15) is 0 Å². The summed E-state index contributed by atoms with van der Waals surface area (Å²) < 4.78 is 18.1. The Morgan fingerprint density at radius 3 is 2.00 bits per heavy atom. The number of unbranched alkanes of at least 4 members (excludes halogenated alkanes) is 16. The Hall–Kier alpha value is -1.77. The number of esters is 1. The third-order valence-electron chi connectivity index (χ3n) is 18.3. The van der Waals surface area contributed by atoms with Crippen LogP contribution in [0.1, 0.15) is 228 Å². The summed E-state index contributed by atoms with van der Waals surface area (Å²) in [6.07, 6.45) is 43.5. The molecule has 0 spiro atoms. The summed E-state index contributed by atoms with van der Waals surface area (Å²) in [6, 6.07) is 0. The van der Waals surface area contributed by atoms with E-state index in [0.717, 1.165) is 69.1 Å². The van der Waals surface area contributed by atoms with Crippen LogP contribution >= 0.6 is 0 Å². The molecule has 14 unspecified atom stereocenters. The number of carbonyl (C=O) groups is 1. The molecule has 1 saturated heterocycles. The number of allylic oxidation sites excluding steroid dienone is 7. The Bertz CT molecular complexity index is 1530. The zero-order valence-corrected chi connectivity index (χ0v) is 44.0. The molecule has 1 aliphatic heterocycles. The highest BCUT2D eigenvalue weighted by Gasteiger charge is 2.59. The van der Waals surface area contributed by atoms with E-state index in [-0.39, 0.29) is 24.1 Å². The van der Waals surface area contributed by atoms with E-state index >= 15 is 0 Å². The highest BCUT2D eigenvalue weighted by Crippen LogP contribution is 2.67. The van der Waals surface area contributed by atoms with E-state index in [2.05, 4.69) is 91.0 Å². The van der Waals surface area contributed by atoms with Gasteiger partial charge in [0.2, 0.25) is 0 Å². The Labute approximate surface area is 410 Å². The molecular formula is C60H102O7. The maximum Gasteiger partial charge on any atom is 0.305 e. The molecule has 3 N–H and O–H groups in total. The first-order chi connectivity index (χ1) is 32.3. The van der Waals surface area contributed by atoms with Crippen LogP contribution in [0.5, 0.6) is 0 Å². The average Bonchev–Trinajstić information content (AvgIpc) is 3.68. The van der Waals surface area contributed by atoms with Crippen LogP contribution in [0, 0.1) is 52.3 Å². The fourth-order valence-corrected chi connectivity index (χ4v) is 13.5. The Morgan fingerprint density at radius 2 is 1.36 bits per heavy atom. The van der Waals surface area contributed by atoms with Crippen molar-refractivity contribution in [3.8, 4) is 0 Å². The second kappa shape index (κ2) is 28.9. The van der Waals surface area contributed by atoms with E-state index in [9.17, 15) is 20.1 Å². The van der Waals surface area contributed by atoms with Gasteiger partial charge in [-0.15, -0.1) is 0 Å². The van der Waals surface area contributed by atoms with Crippen LogP contribution in [0.3, 0.4) is 0 Å². The monoisotopic (exact) mass is 935 g/mol. The molecule has 4 fully saturated rings. The van der Waals surface area contributed by atoms with Crippen molar-refractivity contribution in [1.29, 1.82) is 0 Å². The van der Waals surface area contributed by atoms with Crippen LogP contribution in [0.15, 0.2) is 48.1 Å². The van der Waals surface area contributed by atoms with Gasteiger partial charge in [-0.25, -0.2) is 0 Å². The summed E-state index contributed by atoms with van der Waals surface area (Å²) in [5, 5.41) is 32.6. The van der Waals surface area contributed by atoms with Crippen molar-refractivity contribution in [2.45, 2.75) is 265 Å². The van der Waals surface area contributed by atoms with Gasteiger partial charge in [0.1, 0.15) is 31.0 Å². The lowest BCUT2D eigenvalue weighted by molar-refractivity contribution is -0.313. The first kappa shape index (κ1) is 56.1. The molecule has 7 heteroatoms. The van der Waals surface area contributed by atoms with Crippen molar-refractivity contribution in [3.63, 3.8) is 0 Å². The van der Waals surface area contributed by atoms with Gasteiger partial charge in [-0.3, -0.25) is 4.79 Å². The molecule has 3 saturated carbocycles. The molecule has 0 aromatic carbocycles. The quantitative estimate of drug-likeness (QED) is 0.0374. The molecule has 7 nitrogen and oxygen atoms in total. The second-order valence-electron chi connectivity index (χ2n) is 23.3. The van der Waals surface area contributed by atoms with Crippen molar-refractivity contribution >= 4 is 5.97 Å². The lowest BCUT2D eigenvalue weighted by atomic mass is 9.47.